The zero-order valence-corrected chi connectivity index (χ0v) is 19.0. The van der Waals surface area contributed by atoms with Crippen molar-refractivity contribution in [2.24, 2.45) is 0 Å². The Kier molecular flexibility index (Phi) is 5.66. The molecule has 5 rings (SSSR count). The molecule has 2 amide bonds. The van der Waals surface area contributed by atoms with E-state index in [4.69, 9.17) is 9.97 Å². The lowest BCUT2D eigenvalue weighted by molar-refractivity contribution is -0.130. The Hall–Kier alpha value is -3.55. The summed E-state index contributed by atoms with van der Waals surface area (Å²) in [5.74, 6) is 1.75. The summed E-state index contributed by atoms with van der Waals surface area (Å²) in [6.07, 6.45) is 4.31. The third-order valence-electron chi connectivity index (χ3n) is 6.70. The van der Waals surface area contributed by atoms with Gasteiger partial charge in [-0.2, -0.15) is 0 Å². The van der Waals surface area contributed by atoms with E-state index < -0.39 is 0 Å². The highest BCUT2D eigenvalue weighted by Gasteiger charge is 2.30. The van der Waals surface area contributed by atoms with Crippen molar-refractivity contribution in [3.8, 4) is 0 Å². The quantitative estimate of drug-likeness (QED) is 0.668. The van der Waals surface area contributed by atoms with Gasteiger partial charge in [-0.1, -0.05) is 18.2 Å². The highest BCUT2D eigenvalue weighted by molar-refractivity contribution is 6.05. The first-order chi connectivity index (χ1) is 16.0. The highest BCUT2D eigenvalue weighted by atomic mass is 16.2. The topological polar surface area (TPSA) is 91.3 Å². The van der Waals surface area contributed by atoms with Crippen LogP contribution in [0.1, 0.15) is 53.1 Å². The molecule has 0 saturated carbocycles. The minimum Gasteiger partial charge on any atom is -0.373 e. The molecule has 1 saturated heterocycles. The molecule has 8 nitrogen and oxygen atoms in total. The molecule has 0 spiro atoms. The number of nitrogens with one attached hydrogen (secondary N) is 1. The summed E-state index contributed by atoms with van der Waals surface area (Å²) in [6, 6.07) is 9.56. The SMILES string of the molecule is CNc1nc([C@H]2CCCN(C(C)=O)C2)nc2c1CCN(C(=O)c1cccc3cccnc13)C2. The van der Waals surface area contributed by atoms with E-state index in [-0.39, 0.29) is 17.7 Å². The van der Waals surface area contributed by atoms with Crippen molar-refractivity contribution >= 4 is 28.5 Å². The number of carbonyl (C=O) groups is 2. The van der Waals surface area contributed by atoms with Gasteiger partial charge in [0.15, 0.2) is 0 Å². The predicted octanol–water partition coefficient (Wildman–Crippen LogP) is 2.99. The maximum atomic E-state index is 13.5. The van der Waals surface area contributed by atoms with Gasteiger partial charge in [0.05, 0.1) is 23.3 Å². The molecule has 0 unspecified atom stereocenters. The maximum absolute atomic E-state index is 13.5. The summed E-state index contributed by atoms with van der Waals surface area (Å²) < 4.78 is 0. The van der Waals surface area contributed by atoms with E-state index in [1.54, 1.807) is 13.1 Å². The Bertz CT molecular complexity index is 1220. The number of likely N-dealkylation sites (tertiary alicyclic amines) is 1. The Morgan fingerprint density at radius 3 is 2.76 bits per heavy atom. The van der Waals surface area contributed by atoms with Crippen molar-refractivity contribution in [2.45, 2.75) is 38.6 Å². The molecule has 4 heterocycles. The molecule has 8 heteroatoms. The molecular weight excluding hydrogens is 416 g/mol. The zero-order valence-electron chi connectivity index (χ0n) is 19.0. The van der Waals surface area contributed by atoms with E-state index in [1.165, 1.54) is 0 Å². The van der Waals surface area contributed by atoms with Gasteiger partial charge in [-0.05, 0) is 31.4 Å². The monoisotopic (exact) mass is 444 g/mol. The largest absolute Gasteiger partial charge is 0.373 e. The number of carbonyl (C=O) groups excluding carboxylic acids is 2. The van der Waals surface area contributed by atoms with E-state index in [0.29, 0.717) is 31.6 Å². The Morgan fingerprint density at radius 2 is 1.94 bits per heavy atom. The van der Waals surface area contributed by atoms with E-state index in [0.717, 1.165) is 53.2 Å². The van der Waals surface area contributed by atoms with Crippen molar-refractivity contribution in [3.05, 3.63) is 59.2 Å². The number of fused-ring (bicyclic) bond motifs is 2. The third kappa shape index (κ3) is 4.01. The number of rotatable bonds is 3. The molecule has 1 aromatic carbocycles. The Labute approximate surface area is 193 Å². The zero-order chi connectivity index (χ0) is 22.9. The second-order valence-electron chi connectivity index (χ2n) is 8.77. The molecule has 0 aliphatic carbocycles. The summed E-state index contributed by atoms with van der Waals surface area (Å²) >= 11 is 0. The first kappa shape index (κ1) is 21.3. The number of hydrogen-bond acceptors (Lipinski definition) is 6. The summed E-state index contributed by atoms with van der Waals surface area (Å²) in [5.41, 5.74) is 3.29. The summed E-state index contributed by atoms with van der Waals surface area (Å²) in [6.45, 7) is 4.08. The van der Waals surface area contributed by atoms with E-state index in [2.05, 4.69) is 10.3 Å². The third-order valence-corrected chi connectivity index (χ3v) is 6.70. The van der Waals surface area contributed by atoms with Gasteiger partial charge in [0.2, 0.25) is 5.91 Å². The van der Waals surface area contributed by atoms with Crippen molar-refractivity contribution < 1.29 is 9.59 Å². The van der Waals surface area contributed by atoms with Gasteiger partial charge in [0.25, 0.3) is 5.91 Å². The van der Waals surface area contributed by atoms with Crippen LogP contribution in [-0.2, 0) is 17.8 Å². The second kappa shape index (κ2) is 8.77. The average molecular weight is 445 g/mol. The fourth-order valence-electron chi connectivity index (χ4n) is 4.93. The number of piperidine rings is 1. The Morgan fingerprint density at radius 1 is 1.09 bits per heavy atom. The van der Waals surface area contributed by atoms with Crippen molar-refractivity contribution in [1.29, 1.82) is 0 Å². The molecule has 2 aliphatic rings. The van der Waals surface area contributed by atoms with Gasteiger partial charge in [-0.15, -0.1) is 0 Å². The second-order valence-corrected chi connectivity index (χ2v) is 8.77. The fraction of sp³-hybridized carbons (Fsp3) is 0.400. The van der Waals surface area contributed by atoms with Gasteiger partial charge in [-0.25, -0.2) is 9.97 Å². The van der Waals surface area contributed by atoms with Crippen LogP contribution in [0.2, 0.25) is 0 Å². The van der Waals surface area contributed by atoms with E-state index in [9.17, 15) is 9.59 Å². The van der Waals surface area contributed by atoms with Crippen LogP contribution >= 0.6 is 0 Å². The number of hydrogen-bond donors (Lipinski definition) is 1. The maximum Gasteiger partial charge on any atom is 0.256 e. The van der Waals surface area contributed by atoms with Crippen molar-refractivity contribution in [1.82, 2.24) is 24.8 Å². The first-order valence-electron chi connectivity index (χ1n) is 11.5. The molecular formula is C25H28N6O2. The Balaban J connectivity index is 1.45. The number of anilines is 1. The number of amides is 2. The van der Waals surface area contributed by atoms with Crippen LogP contribution in [0.25, 0.3) is 10.9 Å². The first-order valence-corrected chi connectivity index (χ1v) is 11.5. The summed E-state index contributed by atoms with van der Waals surface area (Å²) in [7, 11) is 1.87. The molecule has 2 aromatic heterocycles. The molecule has 33 heavy (non-hydrogen) atoms. The standard InChI is InChI=1S/C25H28N6O2/c1-16(32)30-12-5-8-18(14-30)23-28-21-15-31(13-10-19(21)24(26-2)29-23)25(33)20-9-3-6-17-7-4-11-27-22(17)20/h3-4,6-7,9,11,18H,5,8,10,12-15H2,1-2H3,(H,26,28,29)/t18-/m0/s1. The van der Waals surface area contributed by atoms with Crippen LogP contribution in [0.4, 0.5) is 5.82 Å². The van der Waals surface area contributed by atoms with Crippen LogP contribution in [0.3, 0.4) is 0 Å². The number of para-hydroxylation sites is 1. The molecule has 1 atom stereocenters. The number of nitrogens with zero attached hydrogens (tertiary/aromatic N) is 5. The predicted molar refractivity (Wildman–Crippen MR) is 126 cm³/mol. The van der Waals surface area contributed by atoms with Crippen LogP contribution in [0.15, 0.2) is 36.5 Å². The van der Waals surface area contributed by atoms with E-state index in [1.807, 2.05) is 47.2 Å². The molecule has 1 N–H and O–H groups in total. The van der Waals surface area contributed by atoms with Crippen LogP contribution in [0, 0.1) is 0 Å². The molecule has 170 valence electrons. The van der Waals surface area contributed by atoms with Gasteiger partial charge in [0, 0.05) is 56.7 Å². The van der Waals surface area contributed by atoms with Gasteiger partial charge in [0.1, 0.15) is 11.6 Å². The number of aromatic nitrogens is 3. The molecule has 0 bridgehead atoms. The lowest BCUT2D eigenvalue weighted by Crippen LogP contribution is -2.39. The van der Waals surface area contributed by atoms with E-state index >= 15 is 0 Å². The number of benzene rings is 1. The van der Waals surface area contributed by atoms with Gasteiger partial charge < -0.3 is 15.1 Å². The lowest BCUT2D eigenvalue weighted by Gasteiger charge is -2.33. The van der Waals surface area contributed by atoms with Crippen LogP contribution < -0.4 is 5.32 Å². The average Bonchev–Trinajstić information content (AvgIpc) is 2.86. The minimum atomic E-state index is -0.0310. The highest BCUT2D eigenvalue weighted by Crippen LogP contribution is 2.30. The summed E-state index contributed by atoms with van der Waals surface area (Å²) in [4.78, 5) is 43.3. The minimum absolute atomic E-state index is 0.0310. The summed E-state index contributed by atoms with van der Waals surface area (Å²) in [5, 5.41) is 4.18. The lowest BCUT2D eigenvalue weighted by atomic mass is 9.96. The van der Waals surface area contributed by atoms with Crippen LogP contribution in [0.5, 0.6) is 0 Å². The smallest absolute Gasteiger partial charge is 0.256 e. The van der Waals surface area contributed by atoms with Crippen molar-refractivity contribution in [2.75, 3.05) is 32.0 Å². The van der Waals surface area contributed by atoms with Gasteiger partial charge in [-0.3, -0.25) is 14.6 Å². The molecule has 3 aromatic rings. The molecule has 2 aliphatic heterocycles. The van der Waals surface area contributed by atoms with Gasteiger partial charge >= 0.3 is 0 Å². The fourth-order valence-corrected chi connectivity index (χ4v) is 4.93. The molecule has 0 radical (unpaired) electrons. The normalized spacial score (nSPS) is 18.2. The van der Waals surface area contributed by atoms with Crippen LogP contribution in [-0.4, -0.2) is 63.2 Å². The molecule has 1 fully saturated rings. The number of pyridine rings is 1. The van der Waals surface area contributed by atoms with Crippen molar-refractivity contribution in [3.63, 3.8) is 0 Å².